The van der Waals surface area contributed by atoms with Crippen LogP contribution in [-0.4, -0.2) is 20.2 Å². The van der Waals surface area contributed by atoms with Gasteiger partial charge < -0.3 is 5.73 Å². The Labute approximate surface area is 119 Å². The molecule has 0 bridgehead atoms. The van der Waals surface area contributed by atoms with Gasteiger partial charge in [0.15, 0.2) is 5.82 Å². The lowest BCUT2D eigenvalue weighted by Crippen LogP contribution is -2.07. The Morgan fingerprint density at radius 1 is 1.10 bits per heavy atom. The van der Waals surface area contributed by atoms with E-state index in [4.69, 9.17) is 5.73 Å². The van der Waals surface area contributed by atoms with Gasteiger partial charge in [0, 0.05) is 16.8 Å². The lowest BCUT2D eigenvalue weighted by atomic mass is 10.1. The zero-order valence-electron chi connectivity index (χ0n) is 10.9. The number of hydrogen-bond acceptors (Lipinski definition) is 4. The Hall–Kier alpha value is -2.83. The molecule has 2 N–H and O–H groups in total. The van der Waals surface area contributed by atoms with Gasteiger partial charge >= 0.3 is 0 Å². The smallest absolute Gasteiger partial charge is 0.184 e. The van der Waals surface area contributed by atoms with Crippen LogP contribution in [0.25, 0.3) is 11.4 Å². The van der Waals surface area contributed by atoms with E-state index in [1.54, 1.807) is 24.3 Å². The second kappa shape index (κ2) is 5.28. The molecular formula is C14H11F2N5. The van der Waals surface area contributed by atoms with Crippen LogP contribution in [0.4, 0.5) is 14.5 Å². The van der Waals surface area contributed by atoms with Gasteiger partial charge in [-0.15, -0.1) is 5.10 Å². The summed E-state index contributed by atoms with van der Waals surface area (Å²) in [7, 11) is 0. The molecule has 3 aromatic rings. The molecule has 0 amide bonds. The van der Waals surface area contributed by atoms with Crippen LogP contribution in [-0.2, 0) is 6.54 Å². The summed E-state index contributed by atoms with van der Waals surface area (Å²) < 4.78 is 28.3. The van der Waals surface area contributed by atoms with Crippen molar-refractivity contribution >= 4 is 5.69 Å². The number of para-hydroxylation sites is 1. The molecule has 1 aromatic heterocycles. The number of hydrogen-bond donors (Lipinski definition) is 1. The van der Waals surface area contributed by atoms with Crippen LogP contribution in [0, 0.1) is 11.6 Å². The molecule has 0 unspecified atom stereocenters. The SMILES string of the molecule is Nc1ccccc1-c1nnnn1Cc1cc(F)ccc1F. The molecule has 0 aliphatic heterocycles. The maximum Gasteiger partial charge on any atom is 0.184 e. The van der Waals surface area contributed by atoms with Gasteiger partial charge in [-0.1, -0.05) is 12.1 Å². The van der Waals surface area contributed by atoms with E-state index in [1.165, 1.54) is 4.68 Å². The summed E-state index contributed by atoms with van der Waals surface area (Å²) in [5.41, 5.74) is 7.20. The summed E-state index contributed by atoms with van der Waals surface area (Å²) >= 11 is 0. The number of nitrogen functional groups attached to an aromatic ring is 1. The average Bonchev–Trinajstić information content (AvgIpc) is 2.91. The number of nitrogens with two attached hydrogens (primary N) is 1. The van der Waals surface area contributed by atoms with Crippen LogP contribution in [0.3, 0.4) is 0 Å². The zero-order valence-corrected chi connectivity index (χ0v) is 10.9. The van der Waals surface area contributed by atoms with Gasteiger partial charge in [0.1, 0.15) is 11.6 Å². The molecule has 7 heteroatoms. The first kappa shape index (κ1) is 13.2. The van der Waals surface area contributed by atoms with E-state index in [1.807, 2.05) is 0 Å². The molecular weight excluding hydrogens is 276 g/mol. The minimum absolute atomic E-state index is 0.0141. The largest absolute Gasteiger partial charge is 0.398 e. The van der Waals surface area contributed by atoms with E-state index in [0.717, 1.165) is 18.2 Å². The molecule has 0 spiro atoms. The zero-order chi connectivity index (χ0) is 14.8. The fraction of sp³-hybridized carbons (Fsp3) is 0.0714. The average molecular weight is 287 g/mol. The van der Waals surface area contributed by atoms with Crippen molar-refractivity contribution in [3.63, 3.8) is 0 Å². The maximum atomic E-state index is 13.7. The van der Waals surface area contributed by atoms with Crippen LogP contribution in [0.15, 0.2) is 42.5 Å². The first-order chi connectivity index (χ1) is 10.1. The Morgan fingerprint density at radius 2 is 1.90 bits per heavy atom. The van der Waals surface area contributed by atoms with Crippen LogP contribution in [0.2, 0.25) is 0 Å². The van der Waals surface area contributed by atoms with E-state index in [0.29, 0.717) is 17.1 Å². The highest BCUT2D eigenvalue weighted by Crippen LogP contribution is 2.23. The fourth-order valence-corrected chi connectivity index (χ4v) is 2.03. The topological polar surface area (TPSA) is 69.6 Å². The van der Waals surface area contributed by atoms with Crippen molar-refractivity contribution in [2.75, 3.05) is 5.73 Å². The summed E-state index contributed by atoms with van der Waals surface area (Å²) in [4.78, 5) is 0. The van der Waals surface area contributed by atoms with Crippen molar-refractivity contribution in [1.82, 2.24) is 20.2 Å². The van der Waals surface area contributed by atoms with Gasteiger partial charge in [0.2, 0.25) is 0 Å². The van der Waals surface area contributed by atoms with Crippen LogP contribution >= 0.6 is 0 Å². The predicted molar refractivity (Wildman–Crippen MR) is 73.1 cm³/mol. The molecule has 0 aliphatic rings. The maximum absolute atomic E-state index is 13.7. The molecule has 106 valence electrons. The van der Waals surface area contributed by atoms with Crippen molar-refractivity contribution < 1.29 is 8.78 Å². The summed E-state index contributed by atoms with van der Waals surface area (Å²) in [5, 5.41) is 11.3. The van der Waals surface area contributed by atoms with Crippen molar-refractivity contribution in [3.05, 3.63) is 59.7 Å². The molecule has 1 heterocycles. The number of halogens is 2. The van der Waals surface area contributed by atoms with E-state index < -0.39 is 11.6 Å². The first-order valence-electron chi connectivity index (χ1n) is 6.20. The van der Waals surface area contributed by atoms with Crippen molar-refractivity contribution in [1.29, 1.82) is 0 Å². The van der Waals surface area contributed by atoms with Crippen molar-refractivity contribution in [3.8, 4) is 11.4 Å². The van der Waals surface area contributed by atoms with E-state index in [-0.39, 0.29) is 12.1 Å². The molecule has 21 heavy (non-hydrogen) atoms. The van der Waals surface area contributed by atoms with Gasteiger partial charge in [-0.25, -0.2) is 13.5 Å². The summed E-state index contributed by atoms with van der Waals surface area (Å²) in [6, 6.07) is 10.3. The normalized spacial score (nSPS) is 10.8. The number of aromatic nitrogens is 4. The third kappa shape index (κ3) is 2.58. The van der Waals surface area contributed by atoms with E-state index in [2.05, 4.69) is 15.5 Å². The summed E-state index contributed by atoms with van der Waals surface area (Å²) in [6.45, 7) is 0.0141. The van der Waals surface area contributed by atoms with Gasteiger partial charge in [0.25, 0.3) is 0 Å². The molecule has 2 aromatic carbocycles. The third-order valence-electron chi connectivity index (χ3n) is 3.06. The molecule has 5 nitrogen and oxygen atoms in total. The molecule has 0 radical (unpaired) electrons. The quantitative estimate of drug-likeness (QED) is 0.750. The molecule has 0 aliphatic carbocycles. The van der Waals surface area contributed by atoms with Gasteiger partial charge in [0.05, 0.1) is 6.54 Å². The number of benzene rings is 2. The van der Waals surface area contributed by atoms with E-state index in [9.17, 15) is 8.78 Å². The lowest BCUT2D eigenvalue weighted by molar-refractivity contribution is 0.562. The highest BCUT2D eigenvalue weighted by Gasteiger charge is 2.13. The highest BCUT2D eigenvalue weighted by molar-refractivity contribution is 5.71. The second-order valence-electron chi connectivity index (χ2n) is 4.48. The molecule has 0 saturated carbocycles. The Bertz CT molecular complexity index is 785. The predicted octanol–water partition coefficient (Wildman–Crippen LogP) is 2.25. The summed E-state index contributed by atoms with van der Waals surface area (Å²) in [5.74, 6) is -0.629. The highest BCUT2D eigenvalue weighted by atomic mass is 19.1. The number of anilines is 1. The van der Waals surface area contributed by atoms with Crippen molar-refractivity contribution in [2.24, 2.45) is 0 Å². The standard InChI is InChI=1S/C14H11F2N5/c15-10-5-6-12(16)9(7-10)8-21-14(18-19-20-21)11-3-1-2-4-13(11)17/h1-7H,8,17H2. The minimum atomic E-state index is -0.515. The van der Waals surface area contributed by atoms with Crippen LogP contribution in [0.5, 0.6) is 0 Å². The van der Waals surface area contributed by atoms with Gasteiger partial charge in [-0.05, 0) is 40.8 Å². The van der Waals surface area contributed by atoms with Crippen LogP contribution < -0.4 is 5.73 Å². The van der Waals surface area contributed by atoms with Gasteiger partial charge in [-0.2, -0.15) is 0 Å². The van der Waals surface area contributed by atoms with Crippen LogP contribution in [0.1, 0.15) is 5.56 Å². The Morgan fingerprint density at radius 3 is 2.71 bits per heavy atom. The first-order valence-corrected chi connectivity index (χ1v) is 6.20. The van der Waals surface area contributed by atoms with E-state index >= 15 is 0 Å². The molecule has 3 rings (SSSR count). The third-order valence-corrected chi connectivity index (χ3v) is 3.06. The van der Waals surface area contributed by atoms with Crippen molar-refractivity contribution in [2.45, 2.75) is 6.54 Å². The molecule has 0 saturated heterocycles. The fourth-order valence-electron chi connectivity index (χ4n) is 2.03. The number of tetrazole rings is 1. The second-order valence-corrected chi connectivity index (χ2v) is 4.48. The number of nitrogens with zero attached hydrogens (tertiary/aromatic N) is 4. The molecule has 0 fully saturated rings. The monoisotopic (exact) mass is 287 g/mol. The number of rotatable bonds is 3. The minimum Gasteiger partial charge on any atom is -0.398 e. The molecule has 0 atom stereocenters. The lowest BCUT2D eigenvalue weighted by Gasteiger charge is -2.07. The Kier molecular flexibility index (Phi) is 3.31. The van der Waals surface area contributed by atoms with Gasteiger partial charge in [-0.3, -0.25) is 0 Å². The summed E-state index contributed by atoms with van der Waals surface area (Å²) in [6.07, 6.45) is 0. The Balaban J connectivity index is 2.00.